The van der Waals surface area contributed by atoms with Crippen molar-refractivity contribution >= 4 is 35.1 Å². The van der Waals surface area contributed by atoms with E-state index in [9.17, 15) is 19.2 Å². The van der Waals surface area contributed by atoms with Crippen LogP contribution < -0.4 is 44.4 Å². The van der Waals surface area contributed by atoms with Gasteiger partial charge < -0.3 is 63.3 Å². The first kappa shape index (κ1) is 69.5. The Morgan fingerprint density at radius 2 is 0.990 bits per heavy atom. The molecule has 8 aromatic rings. The summed E-state index contributed by atoms with van der Waals surface area (Å²) in [6.45, 7) is 6.95. The second-order valence-electron chi connectivity index (χ2n) is 25.5. The fraction of sp³-hybridized carbons (Fsp3) is 0.342. The van der Waals surface area contributed by atoms with Gasteiger partial charge in [0.15, 0.2) is 23.0 Å². The molecule has 0 bridgehead atoms. The minimum absolute atomic E-state index is 0.00879. The predicted octanol–water partition coefficient (Wildman–Crippen LogP) is 16.1. The lowest BCUT2D eigenvalue weighted by Crippen LogP contribution is -2.47. The van der Waals surface area contributed by atoms with Crippen molar-refractivity contribution in [1.82, 2.24) is 5.32 Å². The number of rotatable bonds is 22. The van der Waals surface area contributed by atoms with E-state index < -0.39 is 34.5 Å². The second kappa shape index (κ2) is 32.0. The predicted molar refractivity (Wildman–Crippen MR) is 369 cm³/mol. The van der Waals surface area contributed by atoms with E-state index in [1.165, 1.54) is 26.4 Å². The van der Waals surface area contributed by atoms with Crippen molar-refractivity contribution in [2.75, 3.05) is 72.0 Å². The molecule has 4 atom stereocenters. The van der Waals surface area contributed by atoms with Crippen LogP contribution in [0.5, 0.6) is 46.0 Å². The van der Waals surface area contributed by atoms with Gasteiger partial charge in [-0.2, -0.15) is 0 Å². The fourth-order valence-electron chi connectivity index (χ4n) is 13.2. The van der Waals surface area contributed by atoms with Crippen LogP contribution in [0.2, 0.25) is 0 Å². The highest BCUT2D eigenvalue weighted by Gasteiger charge is 2.38. The van der Waals surface area contributed by atoms with Crippen molar-refractivity contribution in [1.29, 1.82) is 0 Å². The van der Waals surface area contributed by atoms with Crippen molar-refractivity contribution in [3.05, 3.63) is 203 Å². The first-order chi connectivity index (χ1) is 47.5. The number of carbonyl (C=O) groups excluding carboxylic acids is 4. The minimum Gasteiger partial charge on any atom is -0.497 e. The lowest BCUT2D eigenvalue weighted by molar-refractivity contribution is -0.118. The Labute approximate surface area is 570 Å². The van der Waals surface area contributed by atoms with Crippen LogP contribution in [0.4, 0.5) is 20.2 Å². The van der Waals surface area contributed by atoms with Crippen LogP contribution in [-0.2, 0) is 52.3 Å². The summed E-state index contributed by atoms with van der Waals surface area (Å²) in [5.74, 6) is 1.72. The summed E-state index contributed by atoms with van der Waals surface area (Å²) in [6.07, 6.45) is 9.82. The molecule has 2 saturated heterocycles. The number of hydrogen-bond acceptors (Lipinski definition) is 15. The van der Waals surface area contributed by atoms with Crippen molar-refractivity contribution in [3.63, 3.8) is 0 Å². The van der Waals surface area contributed by atoms with Gasteiger partial charge in [0.1, 0.15) is 47.8 Å². The molecule has 4 aliphatic rings. The van der Waals surface area contributed by atoms with E-state index in [-0.39, 0.29) is 42.6 Å². The molecule has 3 N–H and O–H groups in total. The molecule has 0 radical (unpaired) electrons. The fourth-order valence-corrected chi connectivity index (χ4v) is 13.2. The largest absolute Gasteiger partial charge is 0.497 e. The zero-order valence-corrected chi connectivity index (χ0v) is 56.2. The zero-order valence-electron chi connectivity index (χ0n) is 56.2. The van der Waals surface area contributed by atoms with Gasteiger partial charge >= 0.3 is 11.9 Å². The molecule has 2 fully saturated rings. The summed E-state index contributed by atoms with van der Waals surface area (Å²) < 4.78 is 88.5. The smallest absolute Gasteiger partial charge is 0.337 e. The van der Waals surface area contributed by atoms with Gasteiger partial charge in [0, 0.05) is 90.3 Å². The van der Waals surface area contributed by atoms with E-state index in [0.29, 0.717) is 111 Å². The summed E-state index contributed by atoms with van der Waals surface area (Å²) in [6, 6.07) is 44.9. The molecule has 3 heterocycles. The number of halogens is 2. The number of aryl methyl sites for hydroxylation is 1. The van der Waals surface area contributed by atoms with E-state index in [4.69, 9.17) is 47.4 Å². The Balaban J connectivity index is 0.000000198. The highest BCUT2D eigenvalue weighted by atomic mass is 19.1. The number of carbonyl (C=O) groups is 4. The lowest BCUT2D eigenvalue weighted by atomic mass is 9.69. The summed E-state index contributed by atoms with van der Waals surface area (Å²) >= 11 is 0. The first-order valence-electron chi connectivity index (χ1n) is 33.3. The average molecular weight is 1340 g/mol. The number of fused-ring (bicyclic) bond motifs is 2. The molecule has 0 saturated carbocycles. The van der Waals surface area contributed by atoms with Crippen LogP contribution in [0.3, 0.4) is 0 Å². The number of methoxy groups -OCH3 is 4. The van der Waals surface area contributed by atoms with E-state index in [1.54, 1.807) is 99.1 Å². The quantitative estimate of drug-likeness (QED) is 0.0542. The van der Waals surface area contributed by atoms with E-state index in [1.807, 2.05) is 67.6 Å². The maximum absolute atomic E-state index is 15.6. The number of anilines is 2. The Kier molecular flexibility index (Phi) is 22.7. The Morgan fingerprint density at radius 3 is 1.45 bits per heavy atom. The van der Waals surface area contributed by atoms with Gasteiger partial charge in [0.2, 0.25) is 11.8 Å². The van der Waals surface area contributed by atoms with Crippen LogP contribution >= 0.6 is 0 Å². The summed E-state index contributed by atoms with van der Waals surface area (Å²) in [7, 11) is 5.81. The summed E-state index contributed by atoms with van der Waals surface area (Å²) in [5.41, 5.74) is 6.91. The van der Waals surface area contributed by atoms with Crippen LogP contribution in [0.1, 0.15) is 121 Å². The van der Waals surface area contributed by atoms with Crippen molar-refractivity contribution in [3.8, 4) is 68.2 Å². The number of nitrogens with one attached hydrogen (secondary N) is 3. The molecule has 0 spiro atoms. The SMILES string of the molecule is COC(=O)c1ccc(-c2ccc(Oc3cc4c(cc3OCC3CCCCO3)CCC[C@]4(C)CC(=O)Nc3cccc(OC)c3)cc2F)cc1.COC(=O)c1ccc(-c2ccc(Oc3cc4c(cc3OCC3CCCCO3)CCN[C@]4(C)CC(=O)Nc3cccc(OC)c3)cc2F)cc1. The standard InChI is InChI=1S/C40H42FNO7.C39H41FN2O7/c1-40(24-38(43)42-29-9-6-11-30(21-29)45-2)18-7-8-28-20-36(48-25-32-10-4-5-19-47-32)37(23-34(28)40)49-31-16-17-33(35(41)22-31)26-12-14-27(15-13-26)39(44)46-3;1-39(23-37(43)42-28-7-6-9-29(20-28)45-2)33-22-36(35(19-27(33)16-17-41-39)48-24-31-8-4-5-18-47-31)49-30-14-15-32(34(40)21-30)25-10-12-26(13-11-25)38(44)46-3/h6,9,11-17,20-23,32H,4-5,7-8,10,18-19,24-25H2,1-3H3,(H,42,43);6-7,9-15,19-22,31,41H,4-5,8,16-18,23-24H2,1-3H3,(H,42,43)/t32?,40-;31?,39-/m11/s1. The molecule has 512 valence electrons. The molecule has 2 amide bonds. The first-order valence-corrected chi connectivity index (χ1v) is 33.3. The minimum atomic E-state index is -0.717. The number of ether oxygens (including phenoxy) is 10. The van der Waals surface area contributed by atoms with Crippen LogP contribution in [0, 0.1) is 11.6 Å². The van der Waals surface area contributed by atoms with Crippen LogP contribution in [0.25, 0.3) is 22.3 Å². The van der Waals surface area contributed by atoms with Crippen molar-refractivity contribution in [2.45, 2.75) is 114 Å². The molecule has 12 rings (SSSR count). The summed E-state index contributed by atoms with van der Waals surface area (Å²) in [5, 5.41) is 9.55. The number of esters is 2. The molecule has 0 aromatic heterocycles. The zero-order chi connectivity index (χ0) is 68.8. The lowest BCUT2D eigenvalue weighted by Gasteiger charge is -2.37. The second-order valence-corrected chi connectivity index (χ2v) is 25.5. The van der Waals surface area contributed by atoms with Crippen LogP contribution in [-0.4, -0.2) is 97.4 Å². The Morgan fingerprint density at radius 1 is 0.510 bits per heavy atom. The highest BCUT2D eigenvalue weighted by molar-refractivity contribution is 5.93. The van der Waals surface area contributed by atoms with E-state index in [0.717, 1.165) is 93.1 Å². The Bertz CT molecular complexity index is 3870. The molecule has 2 unspecified atom stereocenters. The maximum Gasteiger partial charge on any atom is 0.337 e. The van der Waals surface area contributed by atoms with Gasteiger partial charge in [-0.25, -0.2) is 18.4 Å². The maximum atomic E-state index is 15.6. The van der Waals surface area contributed by atoms with E-state index in [2.05, 4.69) is 22.9 Å². The van der Waals surface area contributed by atoms with Crippen molar-refractivity contribution in [2.24, 2.45) is 0 Å². The van der Waals surface area contributed by atoms with Gasteiger partial charge in [-0.15, -0.1) is 0 Å². The molecule has 17 nitrogen and oxygen atoms in total. The number of benzene rings is 8. The third-order valence-corrected chi connectivity index (χ3v) is 18.4. The molecular weight excluding hydrogens is 1250 g/mol. The molecule has 1 aliphatic carbocycles. The normalized spacial score (nSPS) is 18.6. The van der Waals surface area contributed by atoms with Gasteiger partial charge in [0.05, 0.1) is 51.8 Å². The molecule has 8 aromatic carbocycles. The van der Waals surface area contributed by atoms with Gasteiger partial charge in [0.25, 0.3) is 0 Å². The number of hydrogen-bond donors (Lipinski definition) is 3. The monoisotopic (exact) mass is 1340 g/mol. The third-order valence-electron chi connectivity index (χ3n) is 18.4. The van der Waals surface area contributed by atoms with Gasteiger partial charge in [-0.05, 0) is 202 Å². The summed E-state index contributed by atoms with van der Waals surface area (Å²) in [4.78, 5) is 50.4. The molecule has 98 heavy (non-hydrogen) atoms. The van der Waals surface area contributed by atoms with Crippen molar-refractivity contribution < 1.29 is 75.3 Å². The molecule has 19 heteroatoms. The Hall–Kier alpha value is -9.82. The highest BCUT2D eigenvalue weighted by Crippen LogP contribution is 2.47. The van der Waals surface area contributed by atoms with Crippen LogP contribution in [0.15, 0.2) is 158 Å². The van der Waals surface area contributed by atoms with Gasteiger partial charge in [-0.1, -0.05) is 43.3 Å². The molecule has 3 aliphatic heterocycles. The topological polar surface area (TPSA) is 197 Å². The third kappa shape index (κ3) is 17.3. The number of amides is 2. The van der Waals surface area contributed by atoms with E-state index >= 15 is 8.78 Å². The molecular formula is C79H83F2N3O14. The average Bonchev–Trinajstić information content (AvgIpc) is 0.770. The van der Waals surface area contributed by atoms with Gasteiger partial charge in [-0.3, -0.25) is 9.59 Å².